The van der Waals surface area contributed by atoms with E-state index in [0.29, 0.717) is 0 Å². The quantitative estimate of drug-likeness (QED) is 0.227. The van der Waals surface area contributed by atoms with E-state index < -0.39 is 40.5 Å². The molecule has 0 rings (SSSR count). The average molecular weight is 230 g/mol. The van der Waals surface area contributed by atoms with Crippen LogP contribution in [0.5, 0.6) is 0 Å². The highest BCUT2D eigenvalue weighted by atomic mass is 32.2. The van der Waals surface area contributed by atoms with Gasteiger partial charge in [-0.1, -0.05) is 0 Å². The Morgan fingerprint density at radius 2 is 1.43 bits per heavy atom. The van der Waals surface area contributed by atoms with E-state index in [-0.39, 0.29) is 13.0 Å². The molecule has 4 N–H and O–H groups in total. The fraction of sp³-hybridized carbons (Fsp3) is 1.00. The summed E-state index contributed by atoms with van der Waals surface area (Å²) in [4.78, 5) is 0. The molecule has 0 aliphatic carbocycles. The van der Waals surface area contributed by atoms with Gasteiger partial charge in [-0.2, -0.15) is 8.42 Å². The first kappa shape index (κ1) is 13.8. The number of hydrogen-bond donors (Lipinski definition) is 4. The lowest BCUT2D eigenvalue weighted by Crippen LogP contribution is -2.51. The third-order valence-corrected chi connectivity index (χ3v) is 2.74. The topological polar surface area (TPSA) is 115 Å². The van der Waals surface area contributed by atoms with E-state index in [4.69, 9.17) is 19.9 Å². The summed E-state index contributed by atoms with van der Waals surface area (Å²) < 4.78 is 28.7. The molecule has 8 heteroatoms. The van der Waals surface area contributed by atoms with E-state index in [9.17, 15) is 8.42 Å². The van der Waals surface area contributed by atoms with Crippen LogP contribution in [0.15, 0.2) is 0 Å². The Kier molecular flexibility index (Phi) is 5.49. The molecule has 86 valence electrons. The highest BCUT2D eigenvalue weighted by molar-refractivity contribution is 7.85. The summed E-state index contributed by atoms with van der Waals surface area (Å²) in [6, 6.07) is 0. The molecule has 0 bridgehead atoms. The standard InChI is InChI=1S/C6H15NO6S/c8-4-7(5-9,6-10)2-1-3-14(11,12)13/h8-10H,1-6H2/p+1. The van der Waals surface area contributed by atoms with Gasteiger partial charge < -0.3 is 15.3 Å². The van der Waals surface area contributed by atoms with Crippen molar-refractivity contribution in [3.8, 4) is 0 Å². The molecular formula is C6H16NO6S+. The van der Waals surface area contributed by atoms with Crippen molar-refractivity contribution in [3.63, 3.8) is 0 Å². The highest BCUT2D eigenvalue weighted by Gasteiger charge is 2.24. The van der Waals surface area contributed by atoms with Crippen LogP contribution < -0.4 is 0 Å². The minimum atomic E-state index is -4.03. The molecule has 14 heavy (non-hydrogen) atoms. The zero-order valence-electron chi connectivity index (χ0n) is 7.70. The Morgan fingerprint density at radius 1 is 1.00 bits per heavy atom. The molecule has 0 aromatic heterocycles. The molecule has 0 radical (unpaired) electrons. The molecule has 0 saturated carbocycles. The fourth-order valence-electron chi connectivity index (χ4n) is 0.929. The second-order valence-electron chi connectivity index (χ2n) is 3.13. The molecule has 7 nitrogen and oxygen atoms in total. The Labute approximate surface area is 82.5 Å². The number of aliphatic hydroxyl groups is 3. The van der Waals surface area contributed by atoms with Crippen LogP contribution in [-0.4, -0.2) is 65.3 Å². The zero-order chi connectivity index (χ0) is 11.2. The first-order chi connectivity index (χ1) is 6.39. The summed E-state index contributed by atoms with van der Waals surface area (Å²) in [7, 11) is -4.03. The maximum atomic E-state index is 10.3. The van der Waals surface area contributed by atoms with E-state index in [2.05, 4.69) is 0 Å². The van der Waals surface area contributed by atoms with Gasteiger partial charge in [-0.25, -0.2) is 0 Å². The summed E-state index contributed by atoms with van der Waals surface area (Å²) in [5.41, 5.74) is 0. The lowest BCUT2D eigenvalue weighted by atomic mass is 10.4. The van der Waals surface area contributed by atoms with E-state index in [0.717, 1.165) is 0 Å². The largest absolute Gasteiger partial charge is 0.347 e. The monoisotopic (exact) mass is 230 g/mol. The number of aliphatic hydroxyl groups excluding tert-OH is 3. The van der Waals surface area contributed by atoms with Crippen LogP contribution in [0.3, 0.4) is 0 Å². The van der Waals surface area contributed by atoms with Crippen molar-refractivity contribution in [1.29, 1.82) is 0 Å². The van der Waals surface area contributed by atoms with Crippen LogP contribution in [0.4, 0.5) is 0 Å². The molecule has 0 spiro atoms. The Balaban J connectivity index is 4.08. The van der Waals surface area contributed by atoms with Gasteiger partial charge in [0.1, 0.15) is 0 Å². The van der Waals surface area contributed by atoms with E-state index >= 15 is 0 Å². The first-order valence-corrected chi connectivity index (χ1v) is 5.63. The van der Waals surface area contributed by atoms with E-state index in [1.54, 1.807) is 0 Å². The van der Waals surface area contributed by atoms with Gasteiger partial charge in [0, 0.05) is 6.42 Å². The Morgan fingerprint density at radius 3 is 1.71 bits per heavy atom. The van der Waals surface area contributed by atoms with Crippen molar-refractivity contribution in [1.82, 2.24) is 0 Å². The minimum Gasteiger partial charge on any atom is -0.347 e. The van der Waals surface area contributed by atoms with Gasteiger partial charge in [-0.05, 0) is 0 Å². The molecule has 0 amide bonds. The van der Waals surface area contributed by atoms with Crippen LogP contribution in [0, 0.1) is 0 Å². The third kappa shape index (κ3) is 4.84. The molecule has 0 unspecified atom stereocenters. The highest BCUT2D eigenvalue weighted by Crippen LogP contribution is 2.04. The van der Waals surface area contributed by atoms with Gasteiger partial charge in [-0.15, -0.1) is 0 Å². The molecule has 0 atom stereocenters. The third-order valence-electron chi connectivity index (χ3n) is 1.93. The fourth-order valence-corrected chi connectivity index (χ4v) is 1.42. The van der Waals surface area contributed by atoms with E-state index in [1.807, 2.05) is 0 Å². The molecule has 0 aromatic carbocycles. The van der Waals surface area contributed by atoms with Crippen molar-refractivity contribution in [2.24, 2.45) is 0 Å². The van der Waals surface area contributed by atoms with Gasteiger partial charge in [0.15, 0.2) is 20.2 Å². The van der Waals surface area contributed by atoms with Gasteiger partial charge in [0.05, 0.1) is 12.3 Å². The van der Waals surface area contributed by atoms with Gasteiger partial charge >= 0.3 is 0 Å². The van der Waals surface area contributed by atoms with Crippen molar-refractivity contribution < 1.29 is 32.8 Å². The van der Waals surface area contributed by atoms with Gasteiger partial charge in [-0.3, -0.25) is 9.04 Å². The van der Waals surface area contributed by atoms with Crippen molar-refractivity contribution in [2.75, 3.05) is 32.5 Å². The Bertz CT molecular complexity index is 239. The maximum absolute atomic E-state index is 10.3. The van der Waals surface area contributed by atoms with Crippen LogP contribution in [0.1, 0.15) is 6.42 Å². The smallest absolute Gasteiger partial charge is 0.265 e. The molecule has 0 aromatic rings. The Hall–Kier alpha value is -0.250. The lowest BCUT2D eigenvalue weighted by Gasteiger charge is -2.31. The molecule has 0 saturated heterocycles. The molecule has 0 fully saturated rings. The average Bonchev–Trinajstić information content (AvgIpc) is 2.11. The maximum Gasteiger partial charge on any atom is 0.265 e. The second-order valence-corrected chi connectivity index (χ2v) is 4.70. The number of hydrogen-bond acceptors (Lipinski definition) is 5. The van der Waals surface area contributed by atoms with Crippen LogP contribution in [-0.2, 0) is 10.1 Å². The molecule has 0 aliphatic heterocycles. The van der Waals surface area contributed by atoms with Crippen molar-refractivity contribution in [2.45, 2.75) is 6.42 Å². The summed E-state index contributed by atoms with van der Waals surface area (Å²) >= 11 is 0. The van der Waals surface area contributed by atoms with Gasteiger partial charge in [0.25, 0.3) is 10.1 Å². The molecule has 0 aliphatic rings. The van der Waals surface area contributed by atoms with Gasteiger partial charge in [0.2, 0.25) is 0 Å². The van der Waals surface area contributed by atoms with Crippen LogP contribution in [0.2, 0.25) is 0 Å². The second kappa shape index (κ2) is 5.59. The minimum absolute atomic E-state index is 0.0561. The number of rotatable bonds is 7. The molecule has 0 heterocycles. The predicted octanol–water partition coefficient (Wildman–Crippen LogP) is -2.07. The molecular weight excluding hydrogens is 214 g/mol. The summed E-state index contributed by atoms with van der Waals surface area (Å²) in [6.07, 6.45) is 0.0561. The predicted molar refractivity (Wildman–Crippen MR) is 47.4 cm³/mol. The number of quaternary nitrogens is 1. The SMILES string of the molecule is O=S(=O)(O)CCC[N+](CO)(CO)CO. The normalized spacial score (nSPS) is 13.1. The summed E-state index contributed by atoms with van der Waals surface area (Å²) in [5, 5.41) is 26.5. The van der Waals surface area contributed by atoms with Crippen LogP contribution in [0.25, 0.3) is 0 Å². The summed E-state index contributed by atoms with van der Waals surface area (Å²) in [6.45, 7) is -1.39. The van der Waals surface area contributed by atoms with E-state index in [1.165, 1.54) is 0 Å². The van der Waals surface area contributed by atoms with Crippen molar-refractivity contribution >= 4 is 10.1 Å². The lowest BCUT2D eigenvalue weighted by molar-refractivity contribution is -0.976. The first-order valence-electron chi connectivity index (χ1n) is 4.02. The van der Waals surface area contributed by atoms with Crippen LogP contribution >= 0.6 is 0 Å². The summed E-state index contributed by atoms with van der Waals surface area (Å²) in [5.74, 6) is -0.451. The zero-order valence-corrected chi connectivity index (χ0v) is 8.52. The van der Waals surface area contributed by atoms with Crippen molar-refractivity contribution in [3.05, 3.63) is 0 Å². The number of nitrogens with zero attached hydrogens (tertiary/aromatic N) is 1.